The summed E-state index contributed by atoms with van der Waals surface area (Å²) in [6.45, 7) is 8.16. The minimum absolute atomic E-state index is 0.941. The molecule has 4 aromatic rings. The Morgan fingerprint density at radius 3 is 1.38 bits per heavy atom. The number of rotatable bonds is 10. The molecule has 180 valence electrons. The van der Waals surface area contributed by atoms with Gasteiger partial charge in [0.25, 0.3) is 0 Å². The quantitative estimate of drug-likeness (QED) is 0.249. The molecular weight excluding hydrogens is 420 g/mol. The van der Waals surface area contributed by atoms with E-state index >= 15 is 0 Å². The van der Waals surface area contributed by atoms with Gasteiger partial charge >= 0.3 is 0 Å². The summed E-state index contributed by atoms with van der Waals surface area (Å²) >= 11 is 0. The van der Waals surface area contributed by atoms with Crippen molar-refractivity contribution in [1.29, 1.82) is 0 Å². The van der Waals surface area contributed by atoms with Gasteiger partial charge in [0.15, 0.2) is 0 Å². The van der Waals surface area contributed by atoms with E-state index in [2.05, 4.69) is 98.9 Å². The van der Waals surface area contributed by atoms with Gasteiger partial charge in [-0.05, 0) is 80.1 Å². The Bertz CT molecular complexity index is 1190. The van der Waals surface area contributed by atoms with Crippen molar-refractivity contribution in [1.82, 2.24) is 19.8 Å². The summed E-state index contributed by atoms with van der Waals surface area (Å²) in [4.78, 5) is 14.3. The minimum Gasteiger partial charge on any atom is -0.384 e. The highest BCUT2D eigenvalue weighted by atomic mass is 15.1. The lowest BCUT2D eigenvalue weighted by Gasteiger charge is -2.16. The minimum atomic E-state index is 0.941. The normalized spacial score (nSPS) is 11.9. The molecule has 4 rings (SSSR count). The second kappa shape index (κ2) is 10.5. The Kier molecular flexibility index (Phi) is 7.49. The zero-order valence-electron chi connectivity index (χ0n) is 21.5. The van der Waals surface area contributed by atoms with E-state index in [1.807, 2.05) is 0 Å². The Balaban J connectivity index is 1.73. The monoisotopic (exact) mass is 458 g/mol. The molecule has 0 unspecified atom stereocenters. The lowest BCUT2D eigenvalue weighted by atomic mass is 10.0. The third-order valence-electron chi connectivity index (χ3n) is 6.20. The fourth-order valence-corrected chi connectivity index (χ4v) is 4.57. The van der Waals surface area contributed by atoms with E-state index in [-0.39, 0.29) is 0 Å². The molecule has 34 heavy (non-hydrogen) atoms. The number of anilines is 2. The number of pyridine rings is 2. The molecule has 0 saturated carbocycles. The van der Waals surface area contributed by atoms with Crippen LogP contribution >= 0.6 is 0 Å². The number of hydrogen-bond donors (Lipinski definition) is 2. The van der Waals surface area contributed by atoms with Crippen molar-refractivity contribution in [2.45, 2.75) is 26.7 Å². The fraction of sp³-hybridized carbons (Fsp3) is 0.429. The summed E-state index contributed by atoms with van der Waals surface area (Å²) in [5.41, 5.74) is 6.44. The molecule has 0 saturated heterocycles. The first kappa shape index (κ1) is 24.2. The number of fused-ring (bicyclic) bond motifs is 5. The highest BCUT2D eigenvalue weighted by Crippen LogP contribution is 2.35. The van der Waals surface area contributed by atoms with E-state index in [1.165, 1.54) is 0 Å². The van der Waals surface area contributed by atoms with Gasteiger partial charge in [-0.3, -0.25) is 9.97 Å². The van der Waals surface area contributed by atoms with Crippen LogP contribution in [0.15, 0.2) is 36.4 Å². The maximum Gasteiger partial charge on any atom is 0.0805 e. The van der Waals surface area contributed by atoms with Crippen molar-refractivity contribution in [3.8, 4) is 0 Å². The summed E-state index contributed by atoms with van der Waals surface area (Å²) in [5.74, 6) is 0. The van der Waals surface area contributed by atoms with E-state index in [1.54, 1.807) is 0 Å². The molecule has 2 N–H and O–H groups in total. The maximum absolute atomic E-state index is 4.95. The van der Waals surface area contributed by atoms with Gasteiger partial charge in [-0.15, -0.1) is 0 Å². The molecule has 2 heterocycles. The summed E-state index contributed by atoms with van der Waals surface area (Å²) in [7, 11) is 8.46. The van der Waals surface area contributed by atoms with Crippen LogP contribution in [0.2, 0.25) is 0 Å². The van der Waals surface area contributed by atoms with E-state index in [0.717, 1.165) is 94.4 Å². The third kappa shape index (κ3) is 5.40. The highest BCUT2D eigenvalue weighted by molar-refractivity contribution is 6.18. The highest BCUT2D eigenvalue weighted by Gasteiger charge is 2.13. The predicted molar refractivity (Wildman–Crippen MR) is 147 cm³/mol. The maximum atomic E-state index is 4.95. The summed E-state index contributed by atoms with van der Waals surface area (Å²) < 4.78 is 0. The number of benzene rings is 2. The van der Waals surface area contributed by atoms with Crippen LogP contribution in [-0.2, 0) is 0 Å². The molecule has 0 aliphatic rings. The van der Waals surface area contributed by atoms with E-state index < -0.39 is 0 Å². The average Bonchev–Trinajstić information content (AvgIpc) is 2.78. The number of nitrogens with one attached hydrogen (secondary N) is 2. The smallest absolute Gasteiger partial charge is 0.0805 e. The van der Waals surface area contributed by atoms with Gasteiger partial charge in [-0.1, -0.05) is 24.3 Å². The van der Waals surface area contributed by atoms with Gasteiger partial charge in [0.1, 0.15) is 0 Å². The molecule has 2 aromatic carbocycles. The molecule has 6 nitrogen and oxygen atoms in total. The largest absolute Gasteiger partial charge is 0.384 e. The van der Waals surface area contributed by atoms with Crippen molar-refractivity contribution in [3.63, 3.8) is 0 Å². The van der Waals surface area contributed by atoms with Crippen LogP contribution in [0.1, 0.15) is 24.2 Å². The lowest BCUT2D eigenvalue weighted by Crippen LogP contribution is -2.16. The third-order valence-corrected chi connectivity index (χ3v) is 6.20. The summed E-state index contributed by atoms with van der Waals surface area (Å²) in [6, 6.07) is 13.1. The molecular formula is C28H38N6. The van der Waals surface area contributed by atoms with E-state index in [0.29, 0.717) is 0 Å². The van der Waals surface area contributed by atoms with Crippen LogP contribution in [0.25, 0.3) is 32.6 Å². The van der Waals surface area contributed by atoms with Crippen LogP contribution in [0.3, 0.4) is 0 Å². The Morgan fingerprint density at radius 2 is 1.00 bits per heavy atom. The van der Waals surface area contributed by atoms with Crippen molar-refractivity contribution in [3.05, 3.63) is 47.8 Å². The summed E-state index contributed by atoms with van der Waals surface area (Å²) in [6.07, 6.45) is 2.20. The van der Waals surface area contributed by atoms with Crippen molar-refractivity contribution < 1.29 is 0 Å². The Labute approximate surface area is 203 Å². The van der Waals surface area contributed by atoms with E-state index in [9.17, 15) is 0 Å². The van der Waals surface area contributed by atoms with Crippen LogP contribution in [-0.4, -0.2) is 74.1 Å². The summed E-state index contributed by atoms with van der Waals surface area (Å²) in [5, 5.41) is 11.9. The van der Waals surface area contributed by atoms with Crippen molar-refractivity contribution in [2.75, 3.05) is 65.0 Å². The van der Waals surface area contributed by atoms with Crippen LogP contribution in [0.4, 0.5) is 11.4 Å². The lowest BCUT2D eigenvalue weighted by molar-refractivity contribution is 0.405. The fourth-order valence-electron chi connectivity index (χ4n) is 4.57. The molecule has 2 aromatic heterocycles. The number of aryl methyl sites for hydroxylation is 2. The van der Waals surface area contributed by atoms with Crippen LogP contribution in [0.5, 0.6) is 0 Å². The number of hydrogen-bond acceptors (Lipinski definition) is 6. The molecule has 0 atom stereocenters. The SMILES string of the molecule is Cc1cc(NCCCN(C)C)c2ccc3c(ccc4c(NCCCN(C)C)cc(C)nc43)c2n1. The van der Waals surface area contributed by atoms with Gasteiger partial charge in [0.05, 0.1) is 11.0 Å². The number of aromatic nitrogens is 2. The molecule has 0 radical (unpaired) electrons. The second-order valence-corrected chi connectivity index (χ2v) is 9.81. The molecule has 0 spiro atoms. The second-order valence-electron chi connectivity index (χ2n) is 9.81. The van der Waals surface area contributed by atoms with Crippen molar-refractivity contribution >= 4 is 44.0 Å². The predicted octanol–water partition coefficient (Wildman–Crippen LogP) is 5.28. The van der Waals surface area contributed by atoms with Gasteiger partial charge in [0, 0.05) is 57.4 Å². The zero-order chi connectivity index (χ0) is 24.2. The zero-order valence-corrected chi connectivity index (χ0v) is 21.5. The molecule has 0 fully saturated rings. The van der Waals surface area contributed by atoms with Crippen LogP contribution in [0, 0.1) is 13.8 Å². The first-order valence-corrected chi connectivity index (χ1v) is 12.2. The molecule has 6 heteroatoms. The first-order chi connectivity index (χ1) is 16.3. The first-order valence-electron chi connectivity index (χ1n) is 12.2. The average molecular weight is 459 g/mol. The molecule has 0 aliphatic heterocycles. The standard InChI is InChI=1S/C28H38N6/c1-19-17-25(29-13-7-15-33(3)4)23-11-10-22-21(27(23)31-19)9-12-24-26(18-20(2)32-28(22)24)30-14-8-16-34(5)6/h9-12,17-18H,7-8,13-16H2,1-6H3,(H,29,31)(H,30,32). The molecule has 0 amide bonds. The van der Waals surface area contributed by atoms with Gasteiger partial charge in [-0.2, -0.15) is 0 Å². The van der Waals surface area contributed by atoms with E-state index in [4.69, 9.17) is 9.97 Å². The Morgan fingerprint density at radius 1 is 0.618 bits per heavy atom. The topological polar surface area (TPSA) is 56.3 Å². The molecule has 0 aliphatic carbocycles. The number of nitrogens with zero attached hydrogens (tertiary/aromatic N) is 4. The van der Waals surface area contributed by atoms with Gasteiger partial charge in [-0.25, -0.2) is 0 Å². The Hall–Kier alpha value is -2.96. The van der Waals surface area contributed by atoms with Crippen molar-refractivity contribution in [2.24, 2.45) is 0 Å². The van der Waals surface area contributed by atoms with Gasteiger partial charge in [0.2, 0.25) is 0 Å². The van der Waals surface area contributed by atoms with Gasteiger partial charge < -0.3 is 20.4 Å². The van der Waals surface area contributed by atoms with Crippen LogP contribution < -0.4 is 10.6 Å². The molecule has 0 bridgehead atoms.